The van der Waals surface area contributed by atoms with Gasteiger partial charge in [-0.25, -0.2) is 0 Å². The van der Waals surface area contributed by atoms with Crippen LogP contribution < -0.4 is 5.32 Å². The molecule has 0 saturated carbocycles. The topological polar surface area (TPSA) is 49.3 Å². The summed E-state index contributed by atoms with van der Waals surface area (Å²) < 4.78 is 0. The van der Waals surface area contributed by atoms with Crippen LogP contribution in [0.1, 0.15) is 53.4 Å². The highest BCUT2D eigenvalue weighted by Gasteiger charge is 2.22. The Morgan fingerprint density at radius 2 is 2.07 bits per heavy atom. The molecular weight excluding hydrogens is 178 g/mol. The van der Waals surface area contributed by atoms with Gasteiger partial charge < -0.3 is 10.4 Å². The molecule has 14 heavy (non-hydrogen) atoms. The fraction of sp³-hybridized carbons (Fsp3) is 0.909. The molecule has 0 aromatic rings. The van der Waals surface area contributed by atoms with Crippen LogP contribution in [-0.4, -0.2) is 22.7 Å². The highest BCUT2D eigenvalue weighted by atomic mass is 16.3. The summed E-state index contributed by atoms with van der Waals surface area (Å²) >= 11 is 0. The molecule has 0 radical (unpaired) electrons. The monoisotopic (exact) mass is 201 g/mol. The Morgan fingerprint density at radius 1 is 1.50 bits per heavy atom. The standard InChI is InChI=1S/C11H23NO2/c1-5-6-7-10(14)8-11(3,4)12-9(2)13/h10,14H,5-8H2,1-4H3,(H,12,13). The molecule has 1 amide bonds. The zero-order valence-electron chi connectivity index (χ0n) is 9.76. The minimum absolute atomic E-state index is 0.0438. The molecule has 3 nitrogen and oxygen atoms in total. The highest BCUT2D eigenvalue weighted by molar-refractivity contribution is 5.73. The average Bonchev–Trinajstić information content (AvgIpc) is 1.96. The zero-order chi connectivity index (χ0) is 11.2. The van der Waals surface area contributed by atoms with E-state index in [1.807, 2.05) is 13.8 Å². The van der Waals surface area contributed by atoms with E-state index in [2.05, 4.69) is 12.2 Å². The maximum Gasteiger partial charge on any atom is 0.217 e. The summed E-state index contributed by atoms with van der Waals surface area (Å²) in [5.74, 6) is -0.0438. The number of carbonyl (C=O) groups is 1. The van der Waals surface area contributed by atoms with Gasteiger partial charge in [0.05, 0.1) is 6.10 Å². The number of unbranched alkanes of at least 4 members (excludes halogenated alkanes) is 1. The molecule has 0 saturated heterocycles. The van der Waals surface area contributed by atoms with Crippen molar-refractivity contribution in [3.63, 3.8) is 0 Å². The maximum atomic E-state index is 10.9. The van der Waals surface area contributed by atoms with Crippen molar-refractivity contribution in [1.29, 1.82) is 0 Å². The molecule has 2 N–H and O–H groups in total. The third-order valence-corrected chi connectivity index (χ3v) is 2.15. The van der Waals surface area contributed by atoms with Crippen molar-refractivity contribution in [1.82, 2.24) is 5.32 Å². The van der Waals surface area contributed by atoms with Gasteiger partial charge in [-0.05, 0) is 26.7 Å². The van der Waals surface area contributed by atoms with Crippen LogP contribution in [0.2, 0.25) is 0 Å². The van der Waals surface area contributed by atoms with E-state index >= 15 is 0 Å². The van der Waals surface area contributed by atoms with Gasteiger partial charge in [-0.3, -0.25) is 4.79 Å². The van der Waals surface area contributed by atoms with Crippen LogP contribution >= 0.6 is 0 Å². The number of rotatable bonds is 6. The van der Waals surface area contributed by atoms with Gasteiger partial charge in [-0.2, -0.15) is 0 Å². The largest absolute Gasteiger partial charge is 0.393 e. The molecule has 1 unspecified atom stereocenters. The van der Waals surface area contributed by atoms with Crippen LogP contribution in [0.3, 0.4) is 0 Å². The van der Waals surface area contributed by atoms with Crippen LogP contribution in [0.4, 0.5) is 0 Å². The van der Waals surface area contributed by atoms with E-state index in [4.69, 9.17) is 0 Å². The third kappa shape index (κ3) is 6.89. The molecule has 0 fully saturated rings. The van der Waals surface area contributed by atoms with Crippen molar-refractivity contribution < 1.29 is 9.90 Å². The lowest BCUT2D eigenvalue weighted by Crippen LogP contribution is -2.44. The lowest BCUT2D eigenvalue weighted by molar-refractivity contribution is -0.120. The molecule has 0 aliphatic carbocycles. The predicted octanol–water partition coefficient (Wildman–Crippen LogP) is 1.84. The number of nitrogens with one attached hydrogen (secondary N) is 1. The van der Waals surface area contributed by atoms with E-state index in [9.17, 15) is 9.90 Å². The summed E-state index contributed by atoms with van der Waals surface area (Å²) in [5, 5.41) is 12.5. The molecule has 0 bridgehead atoms. The van der Waals surface area contributed by atoms with E-state index in [0.717, 1.165) is 19.3 Å². The van der Waals surface area contributed by atoms with Gasteiger partial charge in [-0.1, -0.05) is 19.8 Å². The number of amides is 1. The number of hydrogen-bond acceptors (Lipinski definition) is 2. The van der Waals surface area contributed by atoms with E-state index in [1.54, 1.807) is 0 Å². The summed E-state index contributed by atoms with van der Waals surface area (Å²) in [6, 6.07) is 0. The molecule has 0 aromatic heterocycles. The Hall–Kier alpha value is -0.570. The van der Waals surface area contributed by atoms with E-state index < -0.39 is 0 Å². The first-order chi connectivity index (χ1) is 6.37. The van der Waals surface area contributed by atoms with Crippen LogP contribution in [0.25, 0.3) is 0 Å². The maximum absolute atomic E-state index is 10.9. The first-order valence-electron chi connectivity index (χ1n) is 5.34. The molecule has 1 atom stereocenters. The predicted molar refractivity (Wildman–Crippen MR) is 58.0 cm³/mol. The molecule has 0 heterocycles. The van der Waals surface area contributed by atoms with Gasteiger partial charge in [0.1, 0.15) is 0 Å². The van der Waals surface area contributed by atoms with Crippen molar-refractivity contribution in [2.45, 2.75) is 65.0 Å². The lowest BCUT2D eigenvalue weighted by atomic mass is 9.94. The Morgan fingerprint density at radius 3 is 2.50 bits per heavy atom. The van der Waals surface area contributed by atoms with Crippen molar-refractivity contribution in [2.24, 2.45) is 0 Å². The second-order valence-corrected chi connectivity index (χ2v) is 4.57. The lowest BCUT2D eigenvalue weighted by Gasteiger charge is -2.28. The molecule has 0 aromatic carbocycles. The summed E-state index contributed by atoms with van der Waals surface area (Å²) in [6.07, 6.45) is 3.26. The quantitative estimate of drug-likeness (QED) is 0.689. The first-order valence-corrected chi connectivity index (χ1v) is 5.34. The minimum Gasteiger partial charge on any atom is -0.393 e. The second-order valence-electron chi connectivity index (χ2n) is 4.57. The molecule has 0 aliphatic heterocycles. The molecular formula is C11H23NO2. The summed E-state index contributed by atoms with van der Waals surface area (Å²) in [5.41, 5.74) is -0.307. The van der Waals surface area contributed by atoms with Gasteiger partial charge in [0.15, 0.2) is 0 Å². The molecule has 0 rings (SSSR count). The first kappa shape index (κ1) is 13.4. The molecule has 3 heteroatoms. The van der Waals surface area contributed by atoms with Crippen molar-refractivity contribution in [2.75, 3.05) is 0 Å². The third-order valence-electron chi connectivity index (χ3n) is 2.15. The SMILES string of the molecule is CCCCC(O)CC(C)(C)NC(C)=O. The van der Waals surface area contributed by atoms with Gasteiger partial charge in [0, 0.05) is 12.5 Å². The van der Waals surface area contributed by atoms with Crippen molar-refractivity contribution in [3.8, 4) is 0 Å². The highest BCUT2D eigenvalue weighted by Crippen LogP contribution is 2.15. The second kappa shape index (κ2) is 6.02. The van der Waals surface area contributed by atoms with Crippen LogP contribution in [0.5, 0.6) is 0 Å². The normalized spacial score (nSPS) is 13.8. The van der Waals surface area contributed by atoms with Gasteiger partial charge >= 0.3 is 0 Å². The molecule has 0 aliphatic rings. The smallest absolute Gasteiger partial charge is 0.217 e. The van der Waals surface area contributed by atoms with E-state index in [-0.39, 0.29) is 17.6 Å². The average molecular weight is 201 g/mol. The van der Waals surface area contributed by atoms with Gasteiger partial charge in [0.2, 0.25) is 5.91 Å². The van der Waals surface area contributed by atoms with E-state index in [1.165, 1.54) is 6.92 Å². The minimum atomic E-state index is -0.309. The number of hydrogen-bond donors (Lipinski definition) is 2. The fourth-order valence-electron chi connectivity index (χ4n) is 1.66. The summed E-state index contributed by atoms with van der Waals surface area (Å²) in [4.78, 5) is 10.9. The number of aliphatic hydroxyl groups is 1. The molecule has 84 valence electrons. The fourth-order valence-corrected chi connectivity index (χ4v) is 1.66. The van der Waals surface area contributed by atoms with Crippen LogP contribution in [-0.2, 0) is 4.79 Å². The Bertz CT molecular complexity index is 178. The zero-order valence-corrected chi connectivity index (χ0v) is 9.76. The van der Waals surface area contributed by atoms with E-state index in [0.29, 0.717) is 6.42 Å². The van der Waals surface area contributed by atoms with Gasteiger partial charge in [-0.15, -0.1) is 0 Å². The Balaban J connectivity index is 3.88. The molecule has 0 spiro atoms. The number of aliphatic hydroxyl groups excluding tert-OH is 1. The van der Waals surface area contributed by atoms with Gasteiger partial charge in [0.25, 0.3) is 0 Å². The van der Waals surface area contributed by atoms with Crippen LogP contribution in [0, 0.1) is 0 Å². The summed E-state index contributed by atoms with van der Waals surface area (Å²) in [7, 11) is 0. The van der Waals surface area contributed by atoms with Crippen molar-refractivity contribution >= 4 is 5.91 Å². The number of carbonyl (C=O) groups excluding carboxylic acids is 1. The Labute approximate surface area is 86.9 Å². The summed E-state index contributed by atoms with van der Waals surface area (Å²) in [6.45, 7) is 7.47. The van der Waals surface area contributed by atoms with Crippen molar-refractivity contribution in [3.05, 3.63) is 0 Å². The Kier molecular flexibility index (Phi) is 5.77. The van der Waals surface area contributed by atoms with Crippen LogP contribution in [0.15, 0.2) is 0 Å².